The largest absolute Gasteiger partial charge is 0.476 e. The van der Waals surface area contributed by atoms with Gasteiger partial charge in [-0.05, 0) is 77.4 Å². The number of tetrazole rings is 1. The van der Waals surface area contributed by atoms with Crippen molar-refractivity contribution in [3.8, 4) is 17.1 Å². The molecule has 2 unspecified atom stereocenters. The maximum Gasteiger partial charge on any atom is 0.362 e. The number of amides is 1. The van der Waals surface area contributed by atoms with Crippen LogP contribution < -0.4 is 39.1 Å². The molecular weight excluding hydrogens is 931 g/mol. The summed E-state index contributed by atoms with van der Waals surface area (Å²) in [6, 6.07) is 19.6. The van der Waals surface area contributed by atoms with E-state index in [1.165, 1.54) is 51.9 Å². The minimum atomic E-state index is -1.49. The number of nitrogens with one attached hydrogen (secondary N) is 1. The minimum absolute atomic E-state index is 0.0297. The van der Waals surface area contributed by atoms with Crippen LogP contribution in [-0.4, -0.2) is 86.0 Å². The lowest BCUT2D eigenvalue weighted by Gasteiger charge is -2.10. The number of hydrogen-bond acceptors (Lipinski definition) is 15. The van der Waals surface area contributed by atoms with Crippen molar-refractivity contribution >= 4 is 52.9 Å². The highest BCUT2D eigenvalue weighted by Gasteiger charge is 2.22. The Morgan fingerprint density at radius 2 is 0.971 bits per heavy atom. The van der Waals surface area contributed by atoms with E-state index in [1.807, 2.05) is 0 Å². The normalized spacial score (nSPS) is 11.5. The molecule has 68 heavy (non-hydrogen) atoms. The number of benzene rings is 3. The summed E-state index contributed by atoms with van der Waals surface area (Å²) < 4.78 is 6.45. The first-order valence-corrected chi connectivity index (χ1v) is 20.6. The minimum Gasteiger partial charge on any atom is -0.476 e. The highest BCUT2D eigenvalue weighted by molar-refractivity contribution is 6.20. The molecule has 352 valence electrons. The number of carboxylic acid groups (broad SMARTS) is 1. The molecule has 7 aromatic rings. The average molecular weight is 972 g/mol. The number of ketones is 1. The van der Waals surface area contributed by atoms with Gasteiger partial charge in [-0.25, -0.2) is 51.6 Å². The molecule has 0 fully saturated rings. The molecule has 0 saturated carbocycles. The molecule has 0 aliphatic heterocycles. The molecule has 4 heterocycles. The van der Waals surface area contributed by atoms with Crippen molar-refractivity contribution < 1.29 is 19.5 Å². The van der Waals surface area contributed by atoms with Crippen molar-refractivity contribution in [2.24, 2.45) is 28.2 Å². The van der Waals surface area contributed by atoms with Crippen LogP contribution in [0, 0.1) is 0 Å². The number of Topliss-reactive ketones (excluding diaryl/α,β-unsaturated/α-hetero) is 1. The van der Waals surface area contributed by atoms with Crippen LogP contribution in [0.2, 0.25) is 0 Å². The predicted molar refractivity (Wildman–Crippen MR) is 248 cm³/mol. The molecule has 26 heteroatoms. The Morgan fingerprint density at radius 3 is 1.32 bits per heavy atom. The summed E-state index contributed by atoms with van der Waals surface area (Å²) in [4.78, 5) is 108. The summed E-state index contributed by atoms with van der Waals surface area (Å²) in [6.07, 6.45) is 1.65. The first-order chi connectivity index (χ1) is 32.1. The zero-order valence-electron chi connectivity index (χ0n) is 37.1. The van der Waals surface area contributed by atoms with Crippen molar-refractivity contribution in [3.05, 3.63) is 176 Å². The standard InChI is InChI=1S/C15H15ClN8O3.C14H13N3O3.C13H12ClN3O4/c1-8(16)9-4-6-10(7-5-9)24-13(26)11(19-23(3)15(24)27)12(25)17-14-18-20-21-22(14)2;1-4-10-5-7-11(8-6-10)17-13(19)12(9(2)18)15-16(3)14(17)20;1-7(14)8-3-5-9(6-4-8)17-11(18)10(12(19)20)15-16(2)13(17)21/h4-8H,1-3H3,(H,17,18,21,25);4-8H,1H2,2-3H3;3-7H,1-2H3,(H,19,20). The zero-order chi connectivity index (χ0) is 50.3. The van der Waals surface area contributed by atoms with Crippen LogP contribution >= 0.6 is 23.2 Å². The molecule has 2 atom stereocenters. The predicted octanol–water partition coefficient (Wildman–Crippen LogP) is 1.71. The third-order valence-corrected chi connectivity index (χ3v) is 10.1. The number of aryl methyl sites for hydroxylation is 4. The van der Waals surface area contributed by atoms with Gasteiger partial charge in [-0.2, -0.15) is 15.3 Å². The van der Waals surface area contributed by atoms with Crippen molar-refractivity contribution in [1.82, 2.24) is 63.3 Å². The molecule has 0 spiro atoms. The van der Waals surface area contributed by atoms with E-state index in [0.29, 0.717) is 11.4 Å². The van der Waals surface area contributed by atoms with Crippen LogP contribution in [-0.2, 0) is 28.2 Å². The highest BCUT2D eigenvalue weighted by atomic mass is 35.5. The molecule has 0 bridgehead atoms. The number of hydrogen-bond donors (Lipinski definition) is 2. The van der Waals surface area contributed by atoms with Gasteiger partial charge in [0.05, 0.1) is 27.8 Å². The number of anilines is 1. The second-order valence-corrected chi connectivity index (χ2v) is 15.6. The lowest BCUT2D eigenvalue weighted by atomic mass is 10.1. The maximum atomic E-state index is 12.8. The number of rotatable bonds is 10. The van der Waals surface area contributed by atoms with Gasteiger partial charge in [0.1, 0.15) is 0 Å². The Morgan fingerprint density at radius 1 is 0.603 bits per heavy atom. The average Bonchev–Trinajstić information content (AvgIpc) is 3.71. The molecule has 0 radical (unpaired) electrons. The van der Waals surface area contributed by atoms with Gasteiger partial charge in [-0.3, -0.25) is 29.3 Å². The van der Waals surface area contributed by atoms with E-state index in [0.717, 1.165) is 44.4 Å². The summed E-state index contributed by atoms with van der Waals surface area (Å²) in [6.45, 7) is 8.46. The van der Waals surface area contributed by atoms with Gasteiger partial charge < -0.3 is 5.11 Å². The van der Waals surface area contributed by atoms with E-state index in [4.69, 9.17) is 28.3 Å². The van der Waals surface area contributed by atoms with Crippen molar-refractivity contribution in [3.63, 3.8) is 0 Å². The summed E-state index contributed by atoms with van der Waals surface area (Å²) in [5.41, 5.74) is -2.60. The number of alkyl halides is 2. The van der Waals surface area contributed by atoms with Crippen LogP contribution in [0.5, 0.6) is 0 Å². The highest BCUT2D eigenvalue weighted by Crippen LogP contribution is 2.21. The first-order valence-electron chi connectivity index (χ1n) is 19.7. The Labute approximate surface area is 392 Å². The smallest absolute Gasteiger partial charge is 0.362 e. The van der Waals surface area contributed by atoms with Crippen LogP contribution in [0.4, 0.5) is 5.95 Å². The van der Waals surface area contributed by atoms with Gasteiger partial charge in [0.2, 0.25) is 17.3 Å². The van der Waals surface area contributed by atoms with Gasteiger partial charge in [0.15, 0.2) is 11.5 Å². The molecule has 1 amide bonds. The first kappa shape index (κ1) is 50.5. The topological polar surface area (TPSA) is 298 Å². The molecule has 4 aromatic heterocycles. The van der Waals surface area contributed by atoms with Gasteiger partial charge in [0, 0.05) is 35.1 Å². The summed E-state index contributed by atoms with van der Waals surface area (Å²) >= 11 is 12.0. The third kappa shape index (κ3) is 10.9. The summed E-state index contributed by atoms with van der Waals surface area (Å²) in [7, 11) is 5.53. The number of aromatic carboxylic acids is 1. The fourth-order valence-corrected chi connectivity index (χ4v) is 6.22. The van der Waals surface area contributed by atoms with Crippen LogP contribution in [0.1, 0.15) is 79.7 Å². The van der Waals surface area contributed by atoms with E-state index < -0.39 is 62.8 Å². The van der Waals surface area contributed by atoms with E-state index in [-0.39, 0.29) is 28.1 Å². The number of carboxylic acids is 1. The van der Waals surface area contributed by atoms with Gasteiger partial charge in [0.25, 0.3) is 22.6 Å². The Hall–Kier alpha value is -8.51. The molecule has 24 nitrogen and oxygen atoms in total. The second-order valence-electron chi connectivity index (χ2n) is 14.3. The van der Waals surface area contributed by atoms with Crippen molar-refractivity contribution in [1.29, 1.82) is 0 Å². The number of carbonyl (C=O) groups is 3. The second kappa shape index (κ2) is 21.2. The molecule has 0 saturated heterocycles. The number of halogens is 2. The van der Waals surface area contributed by atoms with Gasteiger partial charge >= 0.3 is 23.0 Å². The van der Waals surface area contributed by atoms with E-state index in [1.54, 1.807) is 80.6 Å². The third-order valence-electron chi connectivity index (χ3n) is 9.58. The maximum absolute atomic E-state index is 12.8. The fraction of sp³-hybridized carbons (Fsp3) is 0.214. The molecule has 0 aliphatic carbocycles. The molecule has 0 aliphatic rings. The quantitative estimate of drug-likeness (QED) is 0.146. The number of aromatic nitrogens is 13. The van der Waals surface area contributed by atoms with Crippen molar-refractivity contribution in [2.75, 3.05) is 5.32 Å². The van der Waals surface area contributed by atoms with Crippen LogP contribution in [0.3, 0.4) is 0 Å². The van der Waals surface area contributed by atoms with Gasteiger partial charge in [-0.1, -0.05) is 54.2 Å². The van der Waals surface area contributed by atoms with Crippen LogP contribution in [0.25, 0.3) is 23.1 Å². The Kier molecular flexibility index (Phi) is 15.7. The zero-order valence-corrected chi connectivity index (χ0v) is 38.6. The molecule has 2 N–H and O–H groups in total. The summed E-state index contributed by atoms with van der Waals surface area (Å²) in [5, 5.41) is 32.4. The lowest BCUT2D eigenvalue weighted by Crippen LogP contribution is -2.43. The SMILES string of the molecule is C=Cc1ccc(-n2c(=O)c(C(C)=O)nn(C)c2=O)cc1.CC(Cl)c1ccc(-n2c(=O)c(C(=O)Nc3nnnn3C)nn(C)c2=O)cc1.CC(Cl)c1ccc(-n2c(=O)c(C(=O)O)nn(C)c2=O)cc1. The molecule has 3 aromatic carbocycles. The van der Waals surface area contributed by atoms with Crippen LogP contribution in [0.15, 0.2) is 108 Å². The monoisotopic (exact) mass is 970 g/mol. The van der Waals surface area contributed by atoms with Crippen molar-refractivity contribution in [2.45, 2.75) is 31.5 Å². The van der Waals surface area contributed by atoms with E-state index in [2.05, 4.69) is 42.7 Å². The fourth-order valence-electron chi connectivity index (χ4n) is 5.93. The van der Waals surface area contributed by atoms with Gasteiger partial charge in [-0.15, -0.1) is 23.2 Å². The van der Waals surface area contributed by atoms with E-state index >= 15 is 0 Å². The summed E-state index contributed by atoms with van der Waals surface area (Å²) in [5.74, 6) is -2.78. The Balaban J connectivity index is 0.000000194. The lowest BCUT2D eigenvalue weighted by molar-refractivity contribution is 0.0683. The number of nitrogens with zero attached hydrogens (tertiary/aromatic N) is 13. The number of carbonyl (C=O) groups excluding carboxylic acids is 2. The Bertz CT molecular complexity index is 3440. The van der Waals surface area contributed by atoms with E-state index in [9.17, 15) is 43.2 Å². The molecule has 7 rings (SSSR count). The molecular formula is C42H40Cl2N14O10.